The van der Waals surface area contributed by atoms with Gasteiger partial charge in [0.05, 0.1) is 12.2 Å². The van der Waals surface area contributed by atoms with Crippen LogP contribution in [0.3, 0.4) is 0 Å². The fourth-order valence-electron chi connectivity index (χ4n) is 1.66. The van der Waals surface area contributed by atoms with Crippen molar-refractivity contribution in [1.82, 2.24) is 10.1 Å². The van der Waals surface area contributed by atoms with E-state index in [0.29, 0.717) is 12.3 Å². The third-order valence-corrected chi connectivity index (χ3v) is 2.80. The molecule has 1 amide bonds. The predicted molar refractivity (Wildman–Crippen MR) is 54.0 cm³/mol. The summed E-state index contributed by atoms with van der Waals surface area (Å²) in [5.41, 5.74) is 1.90. The normalized spacial score (nSPS) is 15.4. The molecule has 0 fully saturated rings. The summed E-state index contributed by atoms with van der Waals surface area (Å²) >= 11 is 4.17. The van der Waals surface area contributed by atoms with Crippen LogP contribution >= 0.6 is 12.6 Å². The van der Waals surface area contributed by atoms with Gasteiger partial charge >= 0.3 is 0 Å². The summed E-state index contributed by atoms with van der Waals surface area (Å²) in [4.78, 5) is 13.0. The SMILES string of the molecule is CC(=O)N1CCc2onc(CS)c2C1. The molecule has 0 aliphatic carbocycles. The van der Waals surface area contributed by atoms with E-state index in [9.17, 15) is 4.79 Å². The van der Waals surface area contributed by atoms with E-state index < -0.39 is 0 Å². The molecule has 0 saturated carbocycles. The first-order valence-electron chi connectivity index (χ1n) is 4.55. The van der Waals surface area contributed by atoms with Crippen molar-refractivity contribution in [2.75, 3.05) is 6.54 Å². The summed E-state index contributed by atoms with van der Waals surface area (Å²) in [5, 5.41) is 3.92. The molecule has 0 N–H and O–H groups in total. The van der Waals surface area contributed by atoms with E-state index in [1.54, 1.807) is 11.8 Å². The molecule has 4 nitrogen and oxygen atoms in total. The van der Waals surface area contributed by atoms with Gasteiger partial charge in [0.2, 0.25) is 5.91 Å². The molecule has 0 unspecified atom stereocenters. The first-order chi connectivity index (χ1) is 6.72. The van der Waals surface area contributed by atoms with Gasteiger partial charge in [-0.15, -0.1) is 0 Å². The Bertz CT molecular complexity index is 348. The number of thiol groups is 1. The number of aromatic nitrogens is 1. The molecule has 1 aliphatic heterocycles. The lowest BCUT2D eigenvalue weighted by Crippen LogP contribution is -2.34. The smallest absolute Gasteiger partial charge is 0.219 e. The minimum atomic E-state index is 0.0990. The number of carbonyl (C=O) groups is 1. The number of amides is 1. The van der Waals surface area contributed by atoms with Crippen molar-refractivity contribution in [1.29, 1.82) is 0 Å². The Hall–Kier alpha value is -0.970. The van der Waals surface area contributed by atoms with Gasteiger partial charge in [-0.25, -0.2) is 0 Å². The molecule has 0 aromatic carbocycles. The zero-order chi connectivity index (χ0) is 10.1. The quantitative estimate of drug-likeness (QED) is 0.707. The molecule has 76 valence electrons. The lowest BCUT2D eigenvalue weighted by molar-refractivity contribution is -0.129. The number of rotatable bonds is 1. The van der Waals surface area contributed by atoms with Crippen LogP contribution < -0.4 is 0 Å². The van der Waals surface area contributed by atoms with Crippen LogP contribution in [0.4, 0.5) is 0 Å². The Labute approximate surface area is 87.7 Å². The molecule has 1 aromatic rings. The molecule has 14 heavy (non-hydrogen) atoms. The molecule has 1 aromatic heterocycles. The molecule has 0 spiro atoms. The van der Waals surface area contributed by atoms with Crippen LogP contribution in [0.2, 0.25) is 0 Å². The maximum Gasteiger partial charge on any atom is 0.219 e. The lowest BCUT2D eigenvalue weighted by atomic mass is 10.1. The number of hydrogen-bond donors (Lipinski definition) is 1. The Balaban J connectivity index is 2.27. The Kier molecular flexibility index (Phi) is 2.50. The van der Waals surface area contributed by atoms with Crippen molar-refractivity contribution < 1.29 is 9.32 Å². The molecule has 0 atom stereocenters. The maximum absolute atomic E-state index is 11.2. The lowest BCUT2D eigenvalue weighted by Gasteiger charge is -2.24. The van der Waals surface area contributed by atoms with Crippen molar-refractivity contribution in [3.8, 4) is 0 Å². The highest BCUT2D eigenvalue weighted by Gasteiger charge is 2.24. The van der Waals surface area contributed by atoms with E-state index in [1.807, 2.05) is 0 Å². The Morgan fingerprint density at radius 1 is 1.71 bits per heavy atom. The van der Waals surface area contributed by atoms with Crippen molar-refractivity contribution in [2.45, 2.75) is 25.6 Å². The van der Waals surface area contributed by atoms with Crippen LogP contribution in [-0.4, -0.2) is 22.5 Å². The molecular formula is C9H12N2O2S. The number of carbonyl (C=O) groups excluding carboxylic acids is 1. The molecule has 0 saturated heterocycles. The van der Waals surface area contributed by atoms with Gasteiger partial charge in [-0.1, -0.05) is 5.16 Å². The van der Waals surface area contributed by atoms with Crippen LogP contribution in [0.1, 0.15) is 23.9 Å². The fourth-order valence-corrected chi connectivity index (χ4v) is 1.91. The van der Waals surface area contributed by atoms with Crippen molar-refractivity contribution in [3.63, 3.8) is 0 Å². The molecule has 2 rings (SSSR count). The van der Waals surface area contributed by atoms with Gasteiger partial charge in [0.25, 0.3) is 0 Å². The van der Waals surface area contributed by atoms with Crippen molar-refractivity contribution in [2.24, 2.45) is 0 Å². The van der Waals surface area contributed by atoms with Gasteiger partial charge < -0.3 is 9.42 Å². The van der Waals surface area contributed by atoms with E-state index in [4.69, 9.17) is 4.52 Å². The molecule has 5 heteroatoms. The van der Waals surface area contributed by atoms with Crippen molar-refractivity contribution >= 4 is 18.5 Å². The average Bonchev–Trinajstić information content (AvgIpc) is 2.59. The first-order valence-corrected chi connectivity index (χ1v) is 5.18. The van der Waals surface area contributed by atoms with E-state index in [-0.39, 0.29) is 5.91 Å². The second-order valence-electron chi connectivity index (χ2n) is 3.38. The highest BCUT2D eigenvalue weighted by Crippen LogP contribution is 2.23. The first kappa shape index (κ1) is 9.58. The van der Waals surface area contributed by atoms with Gasteiger partial charge in [0.1, 0.15) is 5.76 Å². The minimum absolute atomic E-state index is 0.0990. The summed E-state index contributed by atoms with van der Waals surface area (Å²) in [6.45, 7) is 2.92. The monoisotopic (exact) mass is 212 g/mol. The molecule has 0 radical (unpaired) electrons. The maximum atomic E-state index is 11.2. The third kappa shape index (κ3) is 1.52. The summed E-state index contributed by atoms with van der Waals surface area (Å²) in [5.74, 6) is 1.57. The fraction of sp³-hybridized carbons (Fsp3) is 0.556. The largest absolute Gasteiger partial charge is 0.361 e. The Morgan fingerprint density at radius 2 is 2.50 bits per heavy atom. The summed E-state index contributed by atoms with van der Waals surface area (Å²) in [6, 6.07) is 0. The van der Waals surface area contributed by atoms with Gasteiger partial charge in [-0.3, -0.25) is 4.79 Å². The number of nitrogens with zero attached hydrogens (tertiary/aromatic N) is 2. The summed E-state index contributed by atoms with van der Waals surface area (Å²) in [7, 11) is 0. The number of hydrogen-bond acceptors (Lipinski definition) is 4. The highest BCUT2D eigenvalue weighted by atomic mass is 32.1. The predicted octanol–water partition coefficient (Wildman–Crippen LogP) is 1.01. The van der Waals surface area contributed by atoms with E-state index >= 15 is 0 Å². The van der Waals surface area contributed by atoms with Crippen LogP contribution in [-0.2, 0) is 23.5 Å². The van der Waals surface area contributed by atoms with Crippen LogP contribution in [0.25, 0.3) is 0 Å². The second-order valence-corrected chi connectivity index (χ2v) is 3.70. The molecule has 1 aliphatic rings. The third-order valence-electron chi connectivity index (χ3n) is 2.50. The molecule has 0 bridgehead atoms. The molecule has 2 heterocycles. The van der Waals surface area contributed by atoms with Gasteiger partial charge in [-0.05, 0) is 0 Å². The zero-order valence-corrected chi connectivity index (χ0v) is 8.88. The minimum Gasteiger partial charge on any atom is -0.361 e. The second kappa shape index (κ2) is 3.65. The Morgan fingerprint density at radius 3 is 3.14 bits per heavy atom. The van der Waals surface area contributed by atoms with Gasteiger partial charge in [0.15, 0.2) is 0 Å². The van der Waals surface area contributed by atoms with Gasteiger partial charge in [0, 0.05) is 31.2 Å². The number of fused-ring (bicyclic) bond motifs is 1. The highest BCUT2D eigenvalue weighted by molar-refractivity contribution is 7.79. The van der Waals surface area contributed by atoms with Crippen molar-refractivity contribution in [3.05, 3.63) is 17.0 Å². The molecular weight excluding hydrogens is 200 g/mol. The standard InChI is InChI=1S/C9H12N2O2S/c1-6(12)11-3-2-9-7(4-11)8(5-14)10-13-9/h14H,2-5H2,1H3. The topological polar surface area (TPSA) is 46.3 Å². The van der Waals surface area contributed by atoms with E-state index in [0.717, 1.165) is 30.0 Å². The van der Waals surface area contributed by atoms with Gasteiger partial charge in [-0.2, -0.15) is 12.6 Å². The van der Waals surface area contributed by atoms with E-state index in [1.165, 1.54) is 0 Å². The zero-order valence-electron chi connectivity index (χ0n) is 7.99. The average molecular weight is 212 g/mol. The summed E-state index contributed by atoms with van der Waals surface area (Å²) in [6.07, 6.45) is 0.760. The van der Waals surface area contributed by atoms with E-state index in [2.05, 4.69) is 17.8 Å². The summed E-state index contributed by atoms with van der Waals surface area (Å²) < 4.78 is 5.17. The van der Waals surface area contributed by atoms with Crippen LogP contribution in [0, 0.1) is 0 Å². The van der Waals surface area contributed by atoms with Crippen LogP contribution in [0.5, 0.6) is 0 Å². The van der Waals surface area contributed by atoms with Crippen LogP contribution in [0.15, 0.2) is 4.52 Å².